The third kappa shape index (κ3) is 2.60. The number of nitrogens with one attached hydrogen (secondary N) is 2. The van der Waals surface area contributed by atoms with E-state index in [9.17, 15) is 5.11 Å². The van der Waals surface area contributed by atoms with Gasteiger partial charge in [0.1, 0.15) is 6.54 Å². The van der Waals surface area contributed by atoms with Gasteiger partial charge in [-0.2, -0.15) is 0 Å². The normalized spacial score (nSPS) is 23.1. The van der Waals surface area contributed by atoms with Crippen LogP contribution in [-0.4, -0.2) is 18.2 Å². The van der Waals surface area contributed by atoms with E-state index in [2.05, 4.69) is 11.9 Å². The number of aromatic hydroxyl groups is 1. The number of hydrogen-bond donors (Lipinski definition) is 2. The summed E-state index contributed by atoms with van der Waals surface area (Å²) in [7, 11) is 0. The second-order valence-electron chi connectivity index (χ2n) is 5.93. The minimum absolute atomic E-state index is 0.344. The van der Waals surface area contributed by atoms with Crippen LogP contribution < -0.4 is 9.88 Å². The first kappa shape index (κ1) is 13.7. The minimum Gasteiger partial charge on any atom is -0.502 e. The Morgan fingerprint density at radius 3 is 2.90 bits per heavy atom. The Kier molecular flexibility index (Phi) is 3.81. The summed E-state index contributed by atoms with van der Waals surface area (Å²) >= 11 is 6.33. The van der Waals surface area contributed by atoms with E-state index in [1.807, 2.05) is 24.4 Å². The lowest BCUT2D eigenvalue weighted by Crippen LogP contribution is -3.11. The molecule has 4 heteroatoms. The van der Waals surface area contributed by atoms with Gasteiger partial charge in [-0.15, -0.1) is 0 Å². The second kappa shape index (κ2) is 5.58. The van der Waals surface area contributed by atoms with Crippen molar-refractivity contribution in [2.45, 2.75) is 26.3 Å². The number of H-pyrrole nitrogens is 1. The van der Waals surface area contributed by atoms with E-state index in [1.54, 1.807) is 0 Å². The van der Waals surface area contributed by atoms with Crippen molar-refractivity contribution in [3.05, 3.63) is 35.0 Å². The smallest absolute Gasteiger partial charge is 0.255 e. The first-order valence-electron chi connectivity index (χ1n) is 7.29. The molecule has 0 amide bonds. The van der Waals surface area contributed by atoms with Gasteiger partial charge in [0.15, 0.2) is 11.9 Å². The molecule has 0 saturated carbocycles. The van der Waals surface area contributed by atoms with Crippen molar-refractivity contribution < 1.29 is 15.0 Å². The molecule has 1 aromatic carbocycles. The van der Waals surface area contributed by atoms with Crippen molar-refractivity contribution >= 4 is 22.5 Å². The zero-order chi connectivity index (χ0) is 14.1. The van der Waals surface area contributed by atoms with Crippen molar-refractivity contribution in [2.24, 2.45) is 5.92 Å². The molecule has 0 radical (unpaired) electrons. The fourth-order valence-electron chi connectivity index (χ4n) is 3.04. The molecular weight excluding hydrogens is 272 g/mol. The molecule has 2 aromatic rings. The van der Waals surface area contributed by atoms with E-state index in [0.717, 1.165) is 28.9 Å². The monoisotopic (exact) mass is 292 g/mol. The van der Waals surface area contributed by atoms with Crippen LogP contribution in [0.2, 0.25) is 5.02 Å². The summed E-state index contributed by atoms with van der Waals surface area (Å²) in [6.07, 6.45) is 4.35. The molecule has 106 valence electrons. The highest BCUT2D eigenvalue weighted by atomic mass is 35.5. The molecule has 3 rings (SSSR count). The van der Waals surface area contributed by atoms with E-state index in [1.165, 1.54) is 30.8 Å². The molecule has 3 nitrogen and oxygen atoms in total. The zero-order valence-electron chi connectivity index (χ0n) is 11.7. The molecule has 0 aliphatic carbocycles. The molecule has 20 heavy (non-hydrogen) atoms. The molecule has 1 aromatic heterocycles. The Labute approximate surface area is 124 Å². The summed E-state index contributed by atoms with van der Waals surface area (Å²) < 4.78 is 0. The summed E-state index contributed by atoms with van der Waals surface area (Å²) in [6.45, 7) is 5.51. The van der Waals surface area contributed by atoms with Crippen LogP contribution in [-0.2, 0) is 6.54 Å². The Balaban J connectivity index is 1.90. The molecule has 0 unspecified atom stereocenters. The number of phenols is 1. The van der Waals surface area contributed by atoms with E-state index < -0.39 is 0 Å². The molecule has 0 bridgehead atoms. The number of aromatic amines is 1. The maximum absolute atomic E-state index is 10.5. The maximum atomic E-state index is 10.5. The molecule has 1 fully saturated rings. The number of fused-ring (bicyclic) bond motifs is 1. The van der Waals surface area contributed by atoms with E-state index in [-0.39, 0.29) is 0 Å². The summed E-state index contributed by atoms with van der Waals surface area (Å²) in [5.41, 5.74) is 1.68. The molecule has 1 aliphatic heterocycles. The topological polar surface area (TPSA) is 38.8 Å². The Morgan fingerprint density at radius 1 is 1.40 bits per heavy atom. The van der Waals surface area contributed by atoms with Gasteiger partial charge in [0.05, 0.1) is 29.1 Å². The first-order chi connectivity index (χ1) is 9.65. The van der Waals surface area contributed by atoms with Crippen LogP contribution in [0.4, 0.5) is 0 Å². The number of pyridine rings is 1. The predicted molar refractivity (Wildman–Crippen MR) is 80.0 cm³/mol. The number of hydrogen-bond acceptors (Lipinski definition) is 1. The third-order valence-corrected chi connectivity index (χ3v) is 4.69. The van der Waals surface area contributed by atoms with Crippen LogP contribution in [0.15, 0.2) is 24.4 Å². The van der Waals surface area contributed by atoms with Crippen molar-refractivity contribution in [3.8, 4) is 5.75 Å². The fourth-order valence-corrected chi connectivity index (χ4v) is 3.33. The summed E-state index contributed by atoms with van der Waals surface area (Å²) in [6, 6.07) is 5.73. The molecule has 1 saturated heterocycles. The lowest BCUT2D eigenvalue weighted by atomic mass is 9.98. The summed E-state index contributed by atoms with van der Waals surface area (Å²) in [5.74, 6) is 1.18. The van der Waals surface area contributed by atoms with Gasteiger partial charge in [-0.25, -0.2) is 4.98 Å². The number of phenolic OH excluding ortho intramolecular Hbond substituents is 1. The Bertz CT molecular complexity index is 621. The van der Waals surface area contributed by atoms with Gasteiger partial charge >= 0.3 is 0 Å². The van der Waals surface area contributed by atoms with E-state index >= 15 is 0 Å². The minimum atomic E-state index is 0.344. The predicted octanol–water partition coefficient (Wildman–Crippen LogP) is 1.83. The van der Waals surface area contributed by atoms with Crippen molar-refractivity contribution in [1.29, 1.82) is 0 Å². The molecule has 2 heterocycles. The molecule has 3 N–H and O–H groups in total. The van der Waals surface area contributed by atoms with Gasteiger partial charge in [-0.1, -0.05) is 18.5 Å². The van der Waals surface area contributed by atoms with Crippen molar-refractivity contribution in [2.75, 3.05) is 13.1 Å². The van der Waals surface area contributed by atoms with Crippen LogP contribution in [0.25, 0.3) is 10.9 Å². The Hall–Kier alpha value is -1.32. The van der Waals surface area contributed by atoms with Gasteiger partial charge in [0.25, 0.3) is 5.52 Å². The fraction of sp³-hybridized carbons (Fsp3) is 0.438. The second-order valence-corrected chi connectivity index (χ2v) is 6.34. The van der Waals surface area contributed by atoms with Crippen LogP contribution >= 0.6 is 11.6 Å². The van der Waals surface area contributed by atoms with Gasteiger partial charge in [-0.3, -0.25) is 0 Å². The third-order valence-electron chi connectivity index (χ3n) is 4.38. The maximum Gasteiger partial charge on any atom is 0.255 e. The standard InChI is InChI=1S/C16H19ClN2O/c1-11-4-7-19(8-5-11)10-12-9-14(17)13-3-2-6-18-15(13)16(12)20/h2-3,6,9,11,20H,4-5,7-8,10H2,1H3/p+2. The molecule has 0 atom stereocenters. The number of piperidine rings is 1. The van der Waals surface area contributed by atoms with Crippen LogP contribution in [0.1, 0.15) is 25.3 Å². The highest BCUT2D eigenvalue weighted by Crippen LogP contribution is 2.31. The van der Waals surface area contributed by atoms with Gasteiger partial charge in [-0.05, 0) is 30.9 Å². The van der Waals surface area contributed by atoms with E-state index in [4.69, 9.17) is 11.6 Å². The first-order valence-corrected chi connectivity index (χ1v) is 7.67. The number of quaternary nitrogens is 1. The van der Waals surface area contributed by atoms with E-state index in [0.29, 0.717) is 10.8 Å². The van der Waals surface area contributed by atoms with Gasteiger partial charge in [0, 0.05) is 6.07 Å². The van der Waals surface area contributed by atoms with Gasteiger partial charge in [0.2, 0.25) is 0 Å². The highest BCUT2D eigenvalue weighted by molar-refractivity contribution is 6.35. The number of rotatable bonds is 2. The van der Waals surface area contributed by atoms with Crippen LogP contribution in [0.5, 0.6) is 5.75 Å². The van der Waals surface area contributed by atoms with Crippen LogP contribution in [0.3, 0.4) is 0 Å². The Morgan fingerprint density at radius 2 is 2.15 bits per heavy atom. The number of benzene rings is 1. The summed E-state index contributed by atoms with van der Waals surface area (Å²) in [5, 5.41) is 12.0. The van der Waals surface area contributed by atoms with Crippen molar-refractivity contribution in [3.63, 3.8) is 0 Å². The highest BCUT2D eigenvalue weighted by Gasteiger charge is 2.23. The molecule has 1 aliphatic rings. The number of aromatic nitrogens is 1. The quantitative estimate of drug-likeness (QED) is 0.871. The zero-order valence-corrected chi connectivity index (χ0v) is 12.5. The average Bonchev–Trinajstić information content (AvgIpc) is 2.47. The SMILES string of the molecule is CC1CC[NH+](Cc2cc(Cl)c3ccc[nH+]c3c2O)CC1. The average molecular weight is 293 g/mol. The lowest BCUT2D eigenvalue weighted by Gasteiger charge is -2.27. The van der Waals surface area contributed by atoms with Crippen LogP contribution in [0, 0.1) is 5.92 Å². The number of halogens is 1. The summed E-state index contributed by atoms with van der Waals surface area (Å²) in [4.78, 5) is 4.63. The van der Waals surface area contributed by atoms with Gasteiger partial charge < -0.3 is 10.0 Å². The van der Waals surface area contributed by atoms with Crippen molar-refractivity contribution in [1.82, 2.24) is 0 Å². The number of likely N-dealkylation sites (tertiary alicyclic amines) is 1. The molecule has 0 spiro atoms. The lowest BCUT2D eigenvalue weighted by molar-refractivity contribution is -0.919. The molecular formula is C16H21ClN2O+2. The largest absolute Gasteiger partial charge is 0.502 e.